The Balaban J connectivity index is 1.93. The van der Waals surface area contributed by atoms with Gasteiger partial charge < -0.3 is 15.2 Å². The van der Waals surface area contributed by atoms with E-state index in [9.17, 15) is 4.79 Å². The van der Waals surface area contributed by atoms with Gasteiger partial charge in [-0.2, -0.15) is 0 Å². The molecule has 0 bridgehead atoms. The number of carbonyl (C=O) groups is 1. The Labute approximate surface area is 126 Å². The number of hydrogen-bond donors (Lipinski definition) is 1. The zero-order valence-electron chi connectivity index (χ0n) is 13.3. The van der Waals surface area contributed by atoms with Gasteiger partial charge in [0, 0.05) is 12.0 Å². The summed E-state index contributed by atoms with van der Waals surface area (Å²) in [5.74, 6) is -0.187. The van der Waals surface area contributed by atoms with E-state index in [4.69, 9.17) is 15.2 Å². The van der Waals surface area contributed by atoms with Crippen LogP contribution in [0.3, 0.4) is 0 Å². The van der Waals surface area contributed by atoms with E-state index < -0.39 is 11.7 Å². The summed E-state index contributed by atoms with van der Waals surface area (Å²) in [6.45, 7) is 7.71. The van der Waals surface area contributed by atoms with Gasteiger partial charge in [0.2, 0.25) is 0 Å². The fraction of sp³-hybridized carbons (Fsp3) is 0.588. The minimum Gasteiger partial charge on any atom is -0.458 e. The molecule has 1 aliphatic rings. The summed E-state index contributed by atoms with van der Waals surface area (Å²) in [7, 11) is 0. The first kappa shape index (κ1) is 16.0. The van der Waals surface area contributed by atoms with Crippen LogP contribution in [0.5, 0.6) is 0 Å². The highest BCUT2D eigenvalue weighted by molar-refractivity contribution is 5.74. The first-order valence-corrected chi connectivity index (χ1v) is 7.46. The van der Waals surface area contributed by atoms with Crippen LogP contribution < -0.4 is 5.73 Å². The molecule has 0 amide bonds. The van der Waals surface area contributed by atoms with Gasteiger partial charge in [-0.15, -0.1) is 0 Å². The second-order valence-electron chi connectivity index (χ2n) is 6.68. The van der Waals surface area contributed by atoms with Crippen molar-refractivity contribution < 1.29 is 14.3 Å². The summed E-state index contributed by atoms with van der Waals surface area (Å²) in [6, 6.07) is 8.29. The number of esters is 1. The molecule has 1 aromatic carbocycles. The van der Waals surface area contributed by atoms with E-state index in [1.54, 1.807) is 6.92 Å². The van der Waals surface area contributed by atoms with Crippen molar-refractivity contribution in [2.24, 2.45) is 5.73 Å². The first-order valence-electron chi connectivity index (χ1n) is 7.46. The van der Waals surface area contributed by atoms with Crippen LogP contribution >= 0.6 is 0 Å². The number of fused-ring (bicyclic) bond motifs is 1. The molecule has 1 aromatic rings. The summed E-state index contributed by atoms with van der Waals surface area (Å²) in [5.41, 5.74) is 8.22. The van der Waals surface area contributed by atoms with Gasteiger partial charge in [-0.1, -0.05) is 24.3 Å². The van der Waals surface area contributed by atoms with E-state index in [-0.39, 0.29) is 17.9 Å². The Morgan fingerprint density at radius 3 is 2.71 bits per heavy atom. The predicted molar refractivity (Wildman–Crippen MR) is 82.1 cm³/mol. The zero-order valence-corrected chi connectivity index (χ0v) is 13.3. The summed E-state index contributed by atoms with van der Waals surface area (Å²) in [5, 5.41) is 0. The lowest BCUT2D eigenvalue weighted by molar-refractivity contribution is -0.167. The molecule has 0 radical (unpaired) electrons. The van der Waals surface area contributed by atoms with E-state index in [1.165, 1.54) is 11.1 Å². The number of carbonyl (C=O) groups excluding carboxylic acids is 1. The third kappa shape index (κ3) is 4.05. The maximum atomic E-state index is 11.9. The van der Waals surface area contributed by atoms with Gasteiger partial charge >= 0.3 is 5.97 Å². The molecule has 0 spiro atoms. The van der Waals surface area contributed by atoms with Gasteiger partial charge in [-0.25, -0.2) is 4.79 Å². The lowest BCUT2D eigenvalue weighted by atomic mass is 10.00. The molecule has 116 valence electrons. The molecule has 21 heavy (non-hydrogen) atoms. The molecule has 0 saturated carbocycles. The molecule has 4 nitrogen and oxygen atoms in total. The second kappa shape index (κ2) is 6.16. The Bertz CT molecular complexity index is 507. The van der Waals surface area contributed by atoms with E-state index in [2.05, 4.69) is 12.1 Å². The normalized spacial score (nSPS) is 22.7. The quantitative estimate of drug-likeness (QED) is 0.865. The Hall–Kier alpha value is -1.39. The molecule has 2 rings (SSSR count). The van der Waals surface area contributed by atoms with Crippen molar-refractivity contribution in [1.29, 1.82) is 0 Å². The number of hydrogen-bond acceptors (Lipinski definition) is 4. The molecule has 0 fully saturated rings. The number of ether oxygens (including phenoxy) is 2. The molecular weight excluding hydrogens is 266 g/mol. The number of rotatable bonds is 4. The van der Waals surface area contributed by atoms with E-state index in [0.29, 0.717) is 6.61 Å². The third-order valence-corrected chi connectivity index (χ3v) is 3.69. The van der Waals surface area contributed by atoms with Crippen LogP contribution in [-0.4, -0.2) is 30.3 Å². The Kier molecular flexibility index (Phi) is 4.69. The van der Waals surface area contributed by atoms with Gasteiger partial charge in [0.15, 0.2) is 6.10 Å². The van der Waals surface area contributed by atoms with Crippen LogP contribution in [0.15, 0.2) is 24.3 Å². The minimum absolute atomic E-state index is 0.0493. The molecule has 2 N–H and O–H groups in total. The highest BCUT2D eigenvalue weighted by atomic mass is 16.6. The van der Waals surface area contributed by atoms with Crippen LogP contribution in [-0.2, 0) is 20.7 Å². The molecule has 0 aromatic heterocycles. The van der Waals surface area contributed by atoms with Crippen molar-refractivity contribution in [3.63, 3.8) is 0 Å². The molecule has 3 atom stereocenters. The largest absolute Gasteiger partial charge is 0.458 e. The maximum absolute atomic E-state index is 11.9. The number of nitrogens with two attached hydrogens (primary N) is 1. The van der Waals surface area contributed by atoms with Gasteiger partial charge in [0.25, 0.3) is 0 Å². The Morgan fingerprint density at radius 2 is 2.05 bits per heavy atom. The topological polar surface area (TPSA) is 61.5 Å². The van der Waals surface area contributed by atoms with Crippen molar-refractivity contribution in [1.82, 2.24) is 0 Å². The van der Waals surface area contributed by atoms with Gasteiger partial charge in [-0.05, 0) is 45.2 Å². The summed E-state index contributed by atoms with van der Waals surface area (Å²) in [6.07, 6.45) is 0.287. The van der Waals surface area contributed by atoms with Crippen LogP contribution in [0, 0.1) is 0 Å². The smallest absolute Gasteiger partial charge is 0.335 e. The SMILES string of the molecule is C[C@@H](OC[C@@H]1c2ccccc2C[C@H]1N)C(=O)OC(C)(C)C. The predicted octanol–water partition coefficient (Wildman–Crippen LogP) is 2.40. The standard InChI is InChI=1S/C17H25NO3/c1-11(16(19)21-17(2,3)4)20-10-14-13-8-6-5-7-12(13)9-15(14)18/h5-8,11,14-15H,9-10,18H2,1-4H3/t11-,14-,15-/m1/s1. The Morgan fingerprint density at radius 1 is 1.38 bits per heavy atom. The fourth-order valence-electron chi connectivity index (χ4n) is 2.62. The molecule has 0 aliphatic heterocycles. The van der Waals surface area contributed by atoms with Crippen LogP contribution in [0.4, 0.5) is 0 Å². The fourth-order valence-corrected chi connectivity index (χ4v) is 2.62. The lowest BCUT2D eigenvalue weighted by Gasteiger charge is -2.24. The highest BCUT2D eigenvalue weighted by Gasteiger charge is 2.31. The second-order valence-corrected chi connectivity index (χ2v) is 6.68. The van der Waals surface area contributed by atoms with Gasteiger partial charge in [-0.3, -0.25) is 0 Å². The third-order valence-electron chi connectivity index (χ3n) is 3.69. The van der Waals surface area contributed by atoms with Crippen molar-refractivity contribution in [3.8, 4) is 0 Å². The monoisotopic (exact) mass is 291 g/mol. The van der Waals surface area contributed by atoms with Crippen molar-refractivity contribution >= 4 is 5.97 Å². The maximum Gasteiger partial charge on any atom is 0.335 e. The summed E-state index contributed by atoms with van der Waals surface area (Å²) in [4.78, 5) is 11.9. The van der Waals surface area contributed by atoms with Crippen molar-refractivity contribution in [3.05, 3.63) is 35.4 Å². The van der Waals surface area contributed by atoms with E-state index >= 15 is 0 Å². The average Bonchev–Trinajstić information content (AvgIpc) is 2.69. The van der Waals surface area contributed by atoms with E-state index in [1.807, 2.05) is 32.9 Å². The lowest BCUT2D eigenvalue weighted by Crippen LogP contribution is -2.34. The summed E-state index contributed by atoms with van der Waals surface area (Å²) < 4.78 is 11.0. The van der Waals surface area contributed by atoms with Crippen LogP contribution in [0.2, 0.25) is 0 Å². The van der Waals surface area contributed by atoms with Gasteiger partial charge in [0.05, 0.1) is 6.61 Å². The summed E-state index contributed by atoms with van der Waals surface area (Å²) >= 11 is 0. The minimum atomic E-state index is -0.579. The highest BCUT2D eigenvalue weighted by Crippen LogP contribution is 2.32. The van der Waals surface area contributed by atoms with E-state index in [0.717, 1.165) is 6.42 Å². The molecule has 4 heteroatoms. The molecule has 0 saturated heterocycles. The van der Waals surface area contributed by atoms with Crippen molar-refractivity contribution in [2.75, 3.05) is 6.61 Å². The molecule has 1 aliphatic carbocycles. The molecule has 0 unspecified atom stereocenters. The van der Waals surface area contributed by atoms with Gasteiger partial charge in [0.1, 0.15) is 5.60 Å². The van der Waals surface area contributed by atoms with Crippen molar-refractivity contribution in [2.45, 2.75) is 57.8 Å². The molecule has 0 heterocycles. The number of benzene rings is 1. The van der Waals surface area contributed by atoms with Crippen LogP contribution in [0.1, 0.15) is 44.7 Å². The zero-order chi connectivity index (χ0) is 15.6. The first-order chi connectivity index (χ1) is 9.78. The molecular formula is C17H25NO3. The van der Waals surface area contributed by atoms with Crippen LogP contribution in [0.25, 0.3) is 0 Å². The average molecular weight is 291 g/mol.